The Morgan fingerprint density at radius 1 is 1.25 bits per heavy atom. The van der Waals surface area contributed by atoms with E-state index in [0.29, 0.717) is 6.54 Å². The molecule has 0 amide bonds. The second-order valence-corrected chi connectivity index (χ2v) is 4.29. The zero-order chi connectivity index (χ0) is 11.8. The van der Waals surface area contributed by atoms with E-state index in [4.69, 9.17) is 0 Å². The molecule has 1 aromatic carbocycles. The average Bonchev–Trinajstić information content (AvgIpc) is 2.29. The Bertz CT molecular complexity index is 275. The van der Waals surface area contributed by atoms with Gasteiger partial charge in [-0.25, -0.2) is 0 Å². The molecule has 0 heterocycles. The summed E-state index contributed by atoms with van der Waals surface area (Å²) in [4.78, 5) is 2.16. The molecule has 0 aliphatic carbocycles. The maximum atomic E-state index is 9.86. The molecule has 1 atom stereocenters. The van der Waals surface area contributed by atoms with E-state index >= 15 is 0 Å². The van der Waals surface area contributed by atoms with Crippen LogP contribution in [0.25, 0.3) is 0 Å². The number of benzene rings is 1. The second kappa shape index (κ2) is 7.39. The summed E-state index contributed by atoms with van der Waals surface area (Å²) in [5.74, 6) is 0. The minimum Gasteiger partial charge on any atom is -0.387 e. The predicted molar refractivity (Wildman–Crippen MR) is 67.4 cm³/mol. The summed E-state index contributed by atoms with van der Waals surface area (Å²) >= 11 is 0. The Morgan fingerprint density at radius 3 is 2.56 bits per heavy atom. The molecular formula is C13H22N2O. The highest BCUT2D eigenvalue weighted by Gasteiger charge is 2.05. The molecule has 0 bridgehead atoms. The van der Waals surface area contributed by atoms with Gasteiger partial charge in [-0.15, -0.1) is 0 Å². The van der Waals surface area contributed by atoms with Crippen molar-refractivity contribution in [3.8, 4) is 0 Å². The first-order valence-electron chi connectivity index (χ1n) is 5.78. The van der Waals surface area contributed by atoms with E-state index in [1.54, 1.807) is 0 Å². The summed E-state index contributed by atoms with van der Waals surface area (Å²) in [6, 6.07) is 9.76. The number of aliphatic hydroxyl groups excluding tert-OH is 1. The molecule has 0 radical (unpaired) electrons. The fourth-order valence-corrected chi connectivity index (χ4v) is 1.55. The van der Waals surface area contributed by atoms with Crippen LogP contribution >= 0.6 is 0 Å². The SMILES string of the molecule is CN(C)CCCNC[C@H](O)c1ccccc1. The van der Waals surface area contributed by atoms with E-state index in [1.807, 2.05) is 30.3 Å². The quantitative estimate of drug-likeness (QED) is 0.682. The van der Waals surface area contributed by atoms with Crippen LogP contribution in [0.5, 0.6) is 0 Å². The molecular weight excluding hydrogens is 200 g/mol. The van der Waals surface area contributed by atoms with Gasteiger partial charge in [0.15, 0.2) is 0 Å². The van der Waals surface area contributed by atoms with Crippen LogP contribution < -0.4 is 5.32 Å². The topological polar surface area (TPSA) is 35.5 Å². The van der Waals surface area contributed by atoms with Gasteiger partial charge in [-0.3, -0.25) is 0 Å². The van der Waals surface area contributed by atoms with E-state index in [-0.39, 0.29) is 0 Å². The fraction of sp³-hybridized carbons (Fsp3) is 0.538. The van der Waals surface area contributed by atoms with E-state index < -0.39 is 6.10 Å². The molecule has 0 fully saturated rings. The summed E-state index contributed by atoms with van der Waals surface area (Å²) in [5.41, 5.74) is 0.975. The van der Waals surface area contributed by atoms with Crippen molar-refractivity contribution in [1.29, 1.82) is 0 Å². The van der Waals surface area contributed by atoms with Crippen molar-refractivity contribution in [3.63, 3.8) is 0 Å². The van der Waals surface area contributed by atoms with Gasteiger partial charge in [-0.1, -0.05) is 30.3 Å². The van der Waals surface area contributed by atoms with Crippen LogP contribution in [0.3, 0.4) is 0 Å². The minimum absolute atomic E-state index is 0.402. The van der Waals surface area contributed by atoms with Crippen LogP contribution in [0.2, 0.25) is 0 Å². The van der Waals surface area contributed by atoms with Gasteiger partial charge in [0.1, 0.15) is 0 Å². The van der Waals surface area contributed by atoms with Gasteiger partial charge in [-0.2, -0.15) is 0 Å². The molecule has 3 heteroatoms. The Balaban J connectivity index is 2.14. The van der Waals surface area contributed by atoms with Gasteiger partial charge in [0.25, 0.3) is 0 Å². The Labute approximate surface area is 98.1 Å². The van der Waals surface area contributed by atoms with Crippen LogP contribution in [0.1, 0.15) is 18.1 Å². The van der Waals surface area contributed by atoms with E-state index in [0.717, 1.165) is 25.1 Å². The third-order valence-corrected chi connectivity index (χ3v) is 2.48. The average molecular weight is 222 g/mol. The van der Waals surface area contributed by atoms with E-state index in [9.17, 15) is 5.11 Å². The van der Waals surface area contributed by atoms with Crippen molar-refractivity contribution in [3.05, 3.63) is 35.9 Å². The summed E-state index contributed by atoms with van der Waals surface area (Å²) in [5, 5.41) is 13.1. The van der Waals surface area contributed by atoms with Crippen molar-refractivity contribution in [2.75, 3.05) is 33.7 Å². The van der Waals surface area contributed by atoms with Crippen LogP contribution in [0, 0.1) is 0 Å². The molecule has 0 unspecified atom stereocenters. The maximum Gasteiger partial charge on any atom is 0.0914 e. The fourth-order valence-electron chi connectivity index (χ4n) is 1.55. The van der Waals surface area contributed by atoms with E-state index in [2.05, 4.69) is 24.3 Å². The van der Waals surface area contributed by atoms with Gasteiger partial charge in [0.05, 0.1) is 6.10 Å². The molecule has 0 spiro atoms. The standard InChI is InChI=1S/C13H22N2O/c1-15(2)10-6-9-14-11-13(16)12-7-4-3-5-8-12/h3-5,7-8,13-14,16H,6,9-11H2,1-2H3/t13-/m0/s1. The number of rotatable bonds is 7. The van der Waals surface area contributed by atoms with Crippen molar-refractivity contribution in [2.24, 2.45) is 0 Å². The summed E-state index contributed by atoms with van der Waals surface area (Å²) < 4.78 is 0. The highest BCUT2D eigenvalue weighted by Crippen LogP contribution is 2.10. The smallest absolute Gasteiger partial charge is 0.0914 e. The Morgan fingerprint density at radius 2 is 1.94 bits per heavy atom. The molecule has 2 N–H and O–H groups in total. The molecule has 1 aromatic rings. The van der Waals surface area contributed by atoms with Crippen molar-refractivity contribution in [2.45, 2.75) is 12.5 Å². The number of hydrogen-bond donors (Lipinski definition) is 2. The number of aliphatic hydroxyl groups is 1. The van der Waals surface area contributed by atoms with Crippen molar-refractivity contribution in [1.82, 2.24) is 10.2 Å². The first-order valence-corrected chi connectivity index (χ1v) is 5.78. The lowest BCUT2D eigenvalue weighted by Crippen LogP contribution is -2.25. The highest BCUT2D eigenvalue weighted by molar-refractivity contribution is 5.17. The monoisotopic (exact) mass is 222 g/mol. The normalized spacial score (nSPS) is 13.0. The Kier molecular flexibility index (Phi) is 6.08. The Hall–Kier alpha value is -0.900. The molecule has 1 rings (SSSR count). The first-order chi connectivity index (χ1) is 7.70. The molecule has 0 aliphatic heterocycles. The molecule has 16 heavy (non-hydrogen) atoms. The third-order valence-electron chi connectivity index (χ3n) is 2.48. The molecule has 0 saturated heterocycles. The number of nitrogens with zero attached hydrogens (tertiary/aromatic N) is 1. The van der Waals surface area contributed by atoms with Gasteiger partial charge >= 0.3 is 0 Å². The van der Waals surface area contributed by atoms with E-state index in [1.165, 1.54) is 0 Å². The minimum atomic E-state index is -0.402. The molecule has 3 nitrogen and oxygen atoms in total. The molecule has 0 saturated carbocycles. The number of nitrogens with one attached hydrogen (secondary N) is 1. The van der Waals surface area contributed by atoms with Gasteiger partial charge in [-0.05, 0) is 39.2 Å². The van der Waals surface area contributed by atoms with Crippen molar-refractivity contribution >= 4 is 0 Å². The maximum absolute atomic E-state index is 9.86. The molecule has 0 aromatic heterocycles. The van der Waals surface area contributed by atoms with Crippen LogP contribution in [0.4, 0.5) is 0 Å². The lowest BCUT2D eigenvalue weighted by atomic mass is 10.1. The van der Waals surface area contributed by atoms with Crippen LogP contribution in [0.15, 0.2) is 30.3 Å². The summed E-state index contributed by atoms with van der Waals surface area (Å²) in [6.07, 6.45) is 0.703. The predicted octanol–water partition coefficient (Wildman–Crippen LogP) is 1.26. The highest BCUT2D eigenvalue weighted by atomic mass is 16.3. The summed E-state index contributed by atoms with van der Waals surface area (Å²) in [7, 11) is 4.14. The molecule has 90 valence electrons. The zero-order valence-corrected chi connectivity index (χ0v) is 10.2. The lowest BCUT2D eigenvalue weighted by molar-refractivity contribution is 0.174. The largest absolute Gasteiger partial charge is 0.387 e. The van der Waals surface area contributed by atoms with Crippen molar-refractivity contribution < 1.29 is 5.11 Å². The van der Waals surface area contributed by atoms with Gasteiger partial charge in [0.2, 0.25) is 0 Å². The summed E-state index contributed by atoms with van der Waals surface area (Å²) in [6.45, 7) is 2.65. The lowest BCUT2D eigenvalue weighted by Gasteiger charge is -2.13. The van der Waals surface area contributed by atoms with Gasteiger partial charge in [0, 0.05) is 6.54 Å². The third kappa shape index (κ3) is 5.26. The zero-order valence-electron chi connectivity index (χ0n) is 10.2. The molecule has 0 aliphatic rings. The van der Waals surface area contributed by atoms with Gasteiger partial charge < -0.3 is 15.3 Å². The second-order valence-electron chi connectivity index (χ2n) is 4.29. The number of hydrogen-bond acceptors (Lipinski definition) is 3. The van der Waals surface area contributed by atoms with Crippen LogP contribution in [-0.2, 0) is 0 Å². The van der Waals surface area contributed by atoms with Crippen LogP contribution in [-0.4, -0.2) is 43.7 Å². The first kappa shape index (κ1) is 13.2.